The van der Waals surface area contributed by atoms with Crippen molar-refractivity contribution in [1.82, 2.24) is 20.2 Å². The predicted molar refractivity (Wildman–Crippen MR) is 101 cm³/mol. The maximum absolute atomic E-state index is 12.7. The lowest BCUT2D eigenvalue weighted by Gasteiger charge is -2.36. The van der Waals surface area contributed by atoms with Gasteiger partial charge in [0.05, 0.1) is 23.2 Å². The number of aryl methyl sites for hydroxylation is 1. The zero-order chi connectivity index (χ0) is 15.4. The molecule has 2 aromatic rings. The van der Waals surface area contributed by atoms with Crippen molar-refractivity contribution >= 4 is 42.1 Å². The van der Waals surface area contributed by atoms with Crippen LogP contribution >= 0.6 is 36.2 Å². The van der Waals surface area contributed by atoms with Gasteiger partial charge in [-0.1, -0.05) is 13.0 Å². The molecule has 0 radical (unpaired) electrons. The van der Waals surface area contributed by atoms with Gasteiger partial charge in [-0.15, -0.1) is 36.2 Å². The molecule has 1 N–H and O–H groups in total. The molecule has 2 aromatic heterocycles. The first kappa shape index (κ1) is 20.8. The van der Waals surface area contributed by atoms with Gasteiger partial charge in [0.1, 0.15) is 0 Å². The summed E-state index contributed by atoms with van der Waals surface area (Å²) in [7, 11) is 0. The lowest BCUT2D eigenvalue weighted by molar-refractivity contribution is -0.133. The molecule has 1 saturated heterocycles. The summed E-state index contributed by atoms with van der Waals surface area (Å²) < 4.78 is 0. The highest BCUT2D eigenvalue weighted by molar-refractivity contribution is 7.09. The smallest absolute Gasteiger partial charge is 0.229 e. The van der Waals surface area contributed by atoms with Crippen LogP contribution in [0.25, 0.3) is 0 Å². The zero-order valence-electron chi connectivity index (χ0n) is 13.5. The van der Waals surface area contributed by atoms with E-state index in [1.165, 1.54) is 0 Å². The van der Waals surface area contributed by atoms with Crippen LogP contribution in [0.15, 0.2) is 29.9 Å². The molecule has 1 aliphatic heterocycles. The molecule has 1 aliphatic rings. The van der Waals surface area contributed by atoms with Gasteiger partial charge in [-0.3, -0.25) is 9.78 Å². The minimum absolute atomic E-state index is 0. The van der Waals surface area contributed by atoms with Crippen molar-refractivity contribution in [2.45, 2.75) is 25.8 Å². The Labute approximate surface area is 158 Å². The molecule has 1 atom stereocenters. The lowest BCUT2D eigenvalue weighted by atomic mass is 10.0. The summed E-state index contributed by atoms with van der Waals surface area (Å²) in [4.78, 5) is 23.3. The first-order chi connectivity index (χ1) is 10.8. The average molecular weight is 389 g/mol. The number of pyridine rings is 1. The van der Waals surface area contributed by atoms with Crippen LogP contribution in [0, 0.1) is 0 Å². The number of nitrogens with one attached hydrogen (secondary N) is 1. The van der Waals surface area contributed by atoms with Gasteiger partial charge < -0.3 is 10.2 Å². The van der Waals surface area contributed by atoms with E-state index in [9.17, 15) is 4.79 Å². The summed E-state index contributed by atoms with van der Waals surface area (Å²) in [6.45, 7) is 4.41. The second kappa shape index (κ2) is 9.93. The Bertz CT molecular complexity index is 638. The van der Waals surface area contributed by atoms with Crippen LogP contribution in [0.2, 0.25) is 0 Å². The van der Waals surface area contributed by atoms with E-state index < -0.39 is 0 Å². The molecule has 1 amide bonds. The average Bonchev–Trinajstić information content (AvgIpc) is 3.03. The van der Waals surface area contributed by atoms with Crippen molar-refractivity contribution in [3.05, 3.63) is 46.2 Å². The summed E-state index contributed by atoms with van der Waals surface area (Å²) >= 11 is 1.63. The number of hydrogen-bond acceptors (Lipinski definition) is 5. The quantitative estimate of drug-likeness (QED) is 0.874. The number of hydrogen-bond donors (Lipinski definition) is 1. The van der Waals surface area contributed by atoms with Gasteiger partial charge >= 0.3 is 0 Å². The fourth-order valence-corrected chi connectivity index (χ4v) is 3.47. The number of piperazine rings is 1. The highest BCUT2D eigenvalue weighted by Crippen LogP contribution is 2.22. The Morgan fingerprint density at radius 1 is 1.46 bits per heavy atom. The summed E-state index contributed by atoms with van der Waals surface area (Å²) in [6, 6.07) is 4.00. The second-order valence-electron chi connectivity index (χ2n) is 5.36. The molecule has 1 unspecified atom stereocenters. The van der Waals surface area contributed by atoms with Gasteiger partial charge in [-0.25, -0.2) is 4.98 Å². The van der Waals surface area contributed by atoms with Crippen LogP contribution in [0.3, 0.4) is 0 Å². The molecular weight excluding hydrogens is 367 g/mol. The maximum Gasteiger partial charge on any atom is 0.229 e. The molecule has 1 fully saturated rings. The van der Waals surface area contributed by atoms with Crippen LogP contribution in [0.4, 0.5) is 0 Å². The minimum Gasteiger partial charge on any atom is -0.333 e. The van der Waals surface area contributed by atoms with E-state index in [1.807, 2.05) is 28.6 Å². The first-order valence-corrected chi connectivity index (χ1v) is 8.49. The molecule has 0 saturated carbocycles. The zero-order valence-corrected chi connectivity index (χ0v) is 15.9. The Morgan fingerprint density at radius 2 is 2.29 bits per heavy atom. The number of halogens is 2. The summed E-state index contributed by atoms with van der Waals surface area (Å²) in [6.07, 6.45) is 4.90. The molecule has 3 rings (SSSR count). The number of carbonyl (C=O) groups excluding carboxylic acids is 1. The number of rotatable bonds is 4. The molecule has 0 aliphatic carbocycles. The van der Waals surface area contributed by atoms with Crippen molar-refractivity contribution in [2.75, 3.05) is 19.6 Å². The fourth-order valence-electron chi connectivity index (χ4n) is 2.72. The van der Waals surface area contributed by atoms with Crippen molar-refractivity contribution in [3.63, 3.8) is 0 Å². The summed E-state index contributed by atoms with van der Waals surface area (Å²) in [5, 5.41) is 6.45. The molecular formula is C16H22Cl2N4OS. The van der Waals surface area contributed by atoms with E-state index >= 15 is 0 Å². The van der Waals surface area contributed by atoms with Crippen LogP contribution < -0.4 is 5.32 Å². The SMILES string of the molecule is CCc1nc(CC(=O)N2CCNCC2c2cccnc2)cs1.Cl.Cl. The number of aromatic nitrogens is 2. The normalized spacial score (nSPS) is 16.9. The van der Waals surface area contributed by atoms with E-state index in [2.05, 4.69) is 22.2 Å². The van der Waals surface area contributed by atoms with E-state index in [0.29, 0.717) is 6.42 Å². The third-order valence-corrected chi connectivity index (χ3v) is 4.91. The van der Waals surface area contributed by atoms with Crippen LogP contribution in [0.1, 0.15) is 29.2 Å². The maximum atomic E-state index is 12.7. The monoisotopic (exact) mass is 388 g/mol. The summed E-state index contributed by atoms with van der Waals surface area (Å²) in [5.74, 6) is 0.142. The highest BCUT2D eigenvalue weighted by atomic mass is 35.5. The topological polar surface area (TPSA) is 58.1 Å². The highest BCUT2D eigenvalue weighted by Gasteiger charge is 2.28. The predicted octanol–water partition coefficient (Wildman–Crippen LogP) is 2.66. The third-order valence-electron chi connectivity index (χ3n) is 3.87. The molecule has 0 aromatic carbocycles. The molecule has 24 heavy (non-hydrogen) atoms. The van der Waals surface area contributed by atoms with Gasteiger partial charge in [0.25, 0.3) is 0 Å². The number of amides is 1. The third kappa shape index (κ3) is 4.89. The molecule has 8 heteroatoms. The Balaban J connectivity index is 0.00000144. The number of carbonyl (C=O) groups is 1. The molecule has 5 nitrogen and oxygen atoms in total. The van der Waals surface area contributed by atoms with Crippen LogP contribution in [0.5, 0.6) is 0 Å². The Hall–Kier alpha value is -1.21. The molecule has 0 spiro atoms. The molecule has 132 valence electrons. The van der Waals surface area contributed by atoms with Gasteiger partial charge in [0, 0.05) is 37.4 Å². The van der Waals surface area contributed by atoms with Crippen LogP contribution in [-0.2, 0) is 17.6 Å². The second-order valence-corrected chi connectivity index (χ2v) is 6.30. The Morgan fingerprint density at radius 3 is 2.96 bits per heavy atom. The first-order valence-electron chi connectivity index (χ1n) is 7.61. The van der Waals surface area contributed by atoms with Gasteiger partial charge in [-0.05, 0) is 18.1 Å². The fraction of sp³-hybridized carbons (Fsp3) is 0.438. The van der Waals surface area contributed by atoms with E-state index in [4.69, 9.17) is 0 Å². The number of nitrogens with zero attached hydrogens (tertiary/aromatic N) is 3. The number of thiazole rings is 1. The van der Waals surface area contributed by atoms with Gasteiger partial charge in [-0.2, -0.15) is 0 Å². The van der Waals surface area contributed by atoms with E-state index in [-0.39, 0.29) is 36.8 Å². The standard InChI is InChI=1S/C16H20N4OS.2ClH/c1-2-15-19-13(11-22-15)8-16(21)20-7-6-18-10-14(20)12-4-3-5-17-9-12;;/h3-5,9,11,14,18H,2,6-8,10H2,1H3;2*1H. The van der Waals surface area contributed by atoms with E-state index in [1.54, 1.807) is 17.5 Å². The largest absolute Gasteiger partial charge is 0.333 e. The van der Waals surface area contributed by atoms with Gasteiger partial charge in [0.2, 0.25) is 5.91 Å². The van der Waals surface area contributed by atoms with Crippen molar-refractivity contribution in [3.8, 4) is 0 Å². The van der Waals surface area contributed by atoms with Crippen LogP contribution in [-0.4, -0.2) is 40.4 Å². The Kier molecular flexibility index (Phi) is 8.62. The summed E-state index contributed by atoms with van der Waals surface area (Å²) in [5.41, 5.74) is 1.96. The van der Waals surface area contributed by atoms with E-state index in [0.717, 1.165) is 42.3 Å². The molecule has 0 bridgehead atoms. The minimum atomic E-state index is 0. The van der Waals surface area contributed by atoms with Gasteiger partial charge in [0.15, 0.2) is 0 Å². The van der Waals surface area contributed by atoms with Crippen molar-refractivity contribution in [2.24, 2.45) is 0 Å². The van der Waals surface area contributed by atoms with Crippen molar-refractivity contribution < 1.29 is 4.79 Å². The molecule has 3 heterocycles. The van der Waals surface area contributed by atoms with Crippen molar-refractivity contribution in [1.29, 1.82) is 0 Å². The lowest BCUT2D eigenvalue weighted by Crippen LogP contribution is -2.49.